The smallest absolute Gasteiger partial charge is 0.324 e. The minimum atomic E-state index is -0.255. The number of hydrogen-bond acceptors (Lipinski definition) is 8. The Morgan fingerprint density at radius 3 is 2.38 bits per heavy atom. The fraction of sp³-hybridized carbons (Fsp3) is 0.524. The molecule has 0 radical (unpaired) electrons. The summed E-state index contributed by atoms with van der Waals surface area (Å²) in [5.74, 6) is 2.09. The number of nitrogens with zero attached hydrogens (tertiary/aromatic N) is 5. The summed E-state index contributed by atoms with van der Waals surface area (Å²) >= 11 is 0. The van der Waals surface area contributed by atoms with Crippen LogP contribution in [-0.2, 0) is 4.74 Å². The van der Waals surface area contributed by atoms with Gasteiger partial charge in [-0.3, -0.25) is 0 Å². The Morgan fingerprint density at radius 2 is 1.72 bits per heavy atom. The van der Waals surface area contributed by atoms with E-state index in [4.69, 9.17) is 13.8 Å². The van der Waals surface area contributed by atoms with Crippen molar-refractivity contribution in [1.29, 1.82) is 0 Å². The van der Waals surface area contributed by atoms with Crippen molar-refractivity contribution in [2.45, 2.75) is 58.7 Å². The average molecular weight is 397 g/mol. The van der Waals surface area contributed by atoms with Crippen molar-refractivity contribution < 1.29 is 13.8 Å². The van der Waals surface area contributed by atoms with Crippen LogP contribution in [-0.4, -0.2) is 39.5 Å². The Hall–Kier alpha value is -2.74. The number of rotatable bonds is 6. The maximum Gasteiger partial charge on any atom is 0.324 e. The minimum absolute atomic E-state index is 0.128. The van der Waals surface area contributed by atoms with E-state index in [-0.39, 0.29) is 18.1 Å². The Balaban J connectivity index is 1.31. The molecule has 2 aromatic heterocycles. The van der Waals surface area contributed by atoms with E-state index in [1.54, 1.807) is 0 Å². The molecular formula is C21H27N5O3. The summed E-state index contributed by atoms with van der Waals surface area (Å²) in [6, 6.07) is 8.65. The van der Waals surface area contributed by atoms with Crippen molar-refractivity contribution in [1.82, 2.24) is 20.3 Å². The average Bonchev–Trinajstić information content (AvgIpc) is 3.39. The molecule has 0 saturated carbocycles. The third kappa shape index (κ3) is 4.48. The quantitative estimate of drug-likeness (QED) is 0.608. The van der Waals surface area contributed by atoms with E-state index in [0.29, 0.717) is 17.7 Å². The second-order valence-corrected chi connectivity index (χ2v) is 7.88. The van der Waals surface area contributed by atoms with Crippen LogP contribution in [0.5, 0.6) is 0 Å². The fourth-order valence-electron chi connectivity index (χ4n) is 3.34. The van der Waals surface area contributed by atoms with Crippen molar-refractivity contribution in [3.05, 3.63) is 41.5 Å². The lowest BCUT2D eigenvalue weighted by Crippen LogP contribution is -2.37. The molecule has 4 rings (SSSR count). The molecule has 0 unspecified atom stereocenters. The molecule has 1 fully saturated rings. The number of aryl methyl sites for hydroxylation is 1. The van der Waals surface area contributed by atoms with Crippen LogP contribution < -0.4 is 4.90 Å². The normalized spacial score (nSPS) is 16.5. The summed E-state index contributed by atoms with van der Waals surface area (Å²) in [6.07, 6.45) is 1.63. The second kappa shape index (κ2) is 8.32. The Kier molecular flexibility index (Phi) is 5.62. The van der Waals surface area contributed by atoms with E-state index in [9.17, 15) is 0 Å². The van der Waals surface area contributed by atoms with Gasteiger partial charge >= 0.3 is 6.01 Å². The van der Waals surface area contributed by atoms with Gasteiger partial charge in [0.05, 0.1) is 6.10 Å². The first kappa shape index (κ1) is 19.6. The standard InChI is InChI=1S/C21H27N5O3/c1-13(2)18-23-21(29-24-18)26-11-9-17(10-12-26)27-15(4)20-22-19(25-28-20)16-7-5-14(3)6-8-16/h5-8,13,15,17H,9-12H2,1-4H3/t15-/m1/s1. The van der Waals surface area contributed by atoms with Gasteiger partial charge in [-0.05, 0) is 26.7 Å². The van der Waals surface area contributed by atoms with E-state index < -0.39 is 0 Å². The molecule has 3 heterocycles. The van der Waals surface area contributed by atoms with E-state index in [1.165, 1.54) is 5.56 Å². The molecular weight excluding hydrogens is 370 g/mol. The lowest BCUT2D eigenvalue weighted by Gasteiger charge is -2.31. The molecule has 0 bridgehead atoms. The molecule has 8 nitrogen and oxygen atoms in total. The van der Waals surface area contributed by atoms with Crippen molar-refractivity contribution in [2.75, 3.05) is 18.0 Å². The SMILES string of the molecule is Cc1ccc(-c2noc([C@@H](C)OC3CCN(c4nc(C(C)C)no4)CC3)n2)cc1. The van der Waals surface area contributed by atoms with Crippen LogP contribution in [0.3, 0.4) is 0 Å². The number of aromatic nitrogens is 4. The van der Waals surface area contributed by atoms with E-state index >= 15 is 0 Å². The van der Waals surface area contributed by atoms with E-state index in [2.05, 4.69) is 39.0 Å². The predicted molar refractivity (Wildman–Crippen MR) is 108 cm³/mol. The van der Waals surface area contributed by atoms with Crippen molar-refractivity contribution >= 4 is 6.01 Å². The first-order valence-electron chi connectivity index (χ1n) is 10.1. The van der Waals surface area contributed by atoms with Crippen molar-refractivity contribution in [2.24, 2.45) is 0 Å². The number of hydrogen-bond donors (Lipinski definition) is 0. The summed E-state index contributed by atoms with van der Waals surface area (Å²) < 4.78 is 17.0. The Morgan fingerprint density at radius 1 is 1.00 bits per heavy atom. The molecule has 154 valence electrons. The lowest BCUT2D eigenvalue weighted by molar-refractivity contribution is -0.0303. The van der Waals surface area contributed by atoms with Gasteiger partial charge in [-0.1, -0.05) is 54.0 Å². The number of benzene rings is 1. The monoisotopic (exact) mass is 397 g/mol. The van der Waals surface area contributed by atoms with Gasteiger partial charge in [0, 0.05) is 24.6 Å². The molecule has 1 aromatic carbocycles. The summed E-state index contributed by atoms with van der Waals surface area (Å²) in [5.41, 5.74) is 2.13. The Bertz CT molecular complexity index is 926. The van der Waals surface area contributed by atoms with Gasteiger partial charge in [0.15, 0.2) is 5.82 Å². The molecule has 0 amide bonds. The third-order valence-electron chi connectivity index (χ3n) is 5.16. The van der Waals surface area contributed by atoms with Crippen LogP contribution in [0.4, 0.5) is 6.01 Å². The molecule has 0 N–H and O–H groups in total. The van der Waals surface area contributed by atoms with Crippen LogP contribution in [0.25, 0.3) is 11.4 Å². The van der Waals surface area contributed by atoms with Crippen LogP contribution in [0.15, 0.2) is 33.3 Å². The number of anilines is 1. The lowest BCUT2D eigenvalue weighted by atomic mass is 10.1. The van der Waals surface area contributed by atoms with E-state index in [1.807, 2.05) is 38.1 Å². The van der Waals surface area contributed by atoms with Crippen molar-refractivity contribution in [3.8, 4) is 11.4 Å². The first-order chi connectivity index (χ1) is 14.0. The highest BCUT2D eigenvalue weighted by molar-refractivity contribution is 5.54. The van der Waals surface area contributed by atoms with Crippen LogP contribution in [0, 0.1) is 6.92 Å². The van der Waals surface area contributed by atoms with Gasteiger partial charge in [0.1, 0.15) is 6.10 Å². The molecule has 1 aliphatic rings. The largest absolute Gasteiger partial charge is 0.365 e. The molecule has 0 aliphatic carbocycles. The van der Waals surface area contributed by atoms with Crippen LogP contribution >= 0.6 is 0 Å². The summed E-state index contributed by atoms with van der Waals surface area (Å²) in [7, 11) is 0. The van der Waals surface area contributed by atoms with Gasteiger partial charge in [-0.2, -0.15) is 9.97 Å². The molecule has 1 saturated heterocycles. The van der Waals surface area contributed by atoms with Crippen LogP contribution in [0.1, 0.15) is 62.9 Å². The summed E-state index contributed by atoms with van der Waals surface area (Å²) in [6.45, 7) is 9.74. The van der Waals surface area contributed by atoms with Gasteiger partial charge in [-0.25, -0.2) is 0 Å². The number of piperidine rings is 1. The van der Waals surface area contributed by atoms with Gasteiger partial charge in [-0.15, -0.1) is 0 Å². The summed E-state index contributed by atoms with van der Waals surface area (Å²) in [5, 5.41) is 8.14. The van der Waals surface area contributed by atoms with Gasteiger partial charge in [0.25, 0.3) is 5.89 Å². The maximum absolute atomic E-state index is 6.18. The van der Waals surface area contributed by atoms with Crippen molar-refractivity contribution in [3.63, 3.8) is 0 Å². The molecule has 29 heavy (non-hydrogen) atoms. The highest BCUT2D eigenvalue weighted by Crippen LogP contribution is 2.26. The zero-order valence-electron chi connectivity index (χ0n) is 17.3. The van der Waals surface area contributed by atoms with E-state index in [0.717, 1.165) is 37.3 Å². The van der Waals surface area contributed by atoms with Crippen LogP contribution in [0.2, 0.25) is 0 Å². The fourth-order valence-corrected chi connectivity index (χ4v) is 3.34. The third-order valence-corrected chi connectivity index (χ3v) is 5.16. The zero-order valence-corrected chi connectivity index (χ0v) is 17.3. The number of ether oxygens (including phenoxy) is 1. The Labute approximate surface area is 170 Å². The molecule has 3 aromatic rings. The highest BCUT2D eigenvalue weighted by atomic mass is 16.5. The predicted octanol–water partition coefficient (Wildman–Crippen LogP) is 4.30. The molecule has 0 spiro atoms. The molecule has 1 aliphatic heterocycles. The second-order valence-electron chi connectivity index (χ2n) is 7.88. The highest BCUT2D eigenvalue weighted by Gasteiger charge is 2.27. The van der Waals surface area contributed by atoms with Gasteiger partial charge < -0.3 is 18.7 Å². The first-order valence-corrected chi connectivity index (χ1v) is 10.1. The maximum atomic E-state index is 6.18. The molecule has 1 atom stereocenters. The zero-order chi connectivity index (χ0) is 20.4. The summed E-state index contributed by atoms with van der Waals surface area (Å²) in [4.78, 5) is 11.1. The topological polar surface area (TPSA) is 90.3 Å². The minimum Gasteiger partial charge on any atom is -0.365 e. The molecule has 8 heteroatoms. The van der Waals surface area contributed by atoms with Gasteiger partial charge in [0.2, 0.25) is 5.82 Å².